The molecule has 0 aliphatic carbocycles. The highest BCUT2D eigenvalue weighted by molar-refractivity contribution is 5.89. The fourth-order valence-electron chi connectivity index (χ4n) is 1.07. The van der Waals surface area contributed by atoms with Crippen molar-refractivity contribution in [1.29, 1.82) is 0 Å². The molecule has 1 aromatic heterocycles. The Morgan fingerprint density at radius 3 is 3.07 bits per heavy atom. The highest BCUT2D eigenvalue weighted by Crippen LogP contribution is 2.08. The normalized spacial score (nSPS) is 11.7. The van der Waals surface area contributed by atoms with E-state index in [0.717, 1.165) is 12.5 Å². The monoisotopic (exact) mass is 198 g/mol. The Kier molecular flexibility index (Phi) is 3.39. The number of rotatable bonds is 4. The average molecular weight is 198 g/mol. The summed E-state index contributed by atoms with van der Waals surface area (Å²) in [6.45, 7) is 2.67. The van der Waals surface area contributed by atoms with Crippen LogP contribution in [0.2, 0.25) is 0 Å². The molecule has 1 rings (SSSR count). The van der Waals surface area contributed by atoms with Crippen LogP contribution in [0.25, 0.3) is 6.08 Å². The van der Waals surface area contributed by atoms with Gasteiger partial charge in [-0.05, 0) is 6.42 Å². The third-order valence-electron chi connectivity index (χ3n) is 1.69. The summed E-state index contributed by atoms with van der Waals surface area (Å²) in [5.74, 6) is -2.74. The van der Waals surface area contributed by atoms with Gasteiger partial charge in [0.2, 0.25) is 5.83 Å². The van der Waals surface area contributed by atoms with Crippen LogP contribution in [0.15, 0.2) is 18.4 Å². The van der Waals surface area contributed by atoms with Crippen molar-refractivity contribution in [1.82, 2.24) is 9.55 Å². The van der Waals surface area contributed by atoms with Gasteiger partial charge in [-0.2, -0.15) is 4.39 Å². The summed E-state index contributed by atoms with van der Waals surface area (Å²) in [6.07, 6.45) is 4.82. The third-order valence-corrected chi connectivity index (χ3v) is 1.69. The highest BCUT2D eigenvalue weighted by atomic mass is 19.1. The van der Waals surface area contributed by atoms with E-state index in [9.17, 15) is 9.18 Å². The average Bonchev–Trinajstić information content (AvgIpc) is 2.53. The molecule has 0 atom stereocenters. The van der Waals surface area contributed by atoms with Crippen molar-refractivity contribution in [2.75, 3.05) is 0 Å². The van der Waals surface area contributed by atoms with E-state index in [-0.39, 0.29) is 0 Å². The quantitative estimate of drug-likeness (QED) is 0.749. The summed E-state index contributed by atoms with van der Waals surface area (Å²) < 4.78 is 14.4. The molecule has 0 unspecified atom stereocenters. The Hall–Kier alpha value is -1.65. The van der Waals surface area contributed by atoms with Crippen LogP contribution >= 0.6 is 0 Å². The molecule has 0 radical (unpaired) electrons. The van der Waals surface area contributed by atoms with E-state index in [4.69, 9.17) is 5.11 Å². The molecule has 0 saturated heterocycles. The molecular formula is C9H11FN2O2. The minimum Gasteiger partial charge on any atom is -0.476 e. The first kappa shape index (κ1) is 10.4. The minimum atomic E-state index is -1.56. The second-order valence-corrected chi connectivity index (χ2v) is 2.81. The van der Waals surface area contributed by atoms with Gasteiger partial charge in [0.25, 0.3) is 0 Å². The van der Waals surface area contributed by atoms with Gasteiger partial charge >= 0.3 is 5.97 Å². The Bertz CT molecular complexity index is 357. The number of hydrogen-bond acceptors (Lipinski definition) is 2. The fraction of sp³-hybridized carbons (Fsp3) is 0.333. The van der Waals surface area contributed by atoms with Gasteiger partial charge in [-0.1, -0.05) is 6.92 Å². The maximum atomic E-state index is 12.7. The summed E-state index contributed by atoms with van der Waals surface area (Å²) >= 11 is 0. The van der Waals surface area contributed by atoms with Crippen molar-refractivity contribution in [3.8, 4) is 0 Å². The summed E-state index contributed by atoms with van der Waals surface area (Å²) in [6, 6.07) is 0. The lowest BCUT2D eigenvalue weighted by Crippen LogP contribution is -1.99. The SMILES string of the molecule is CCCn1cncc1C=C(F)C(=O)O. The lowest BCUT2D eigenvalue weighted by molar-refractivity contribution is -0.134. The molecule has 1 heterocycles. The van der Waals surface area contributed by atoms with E-state index in [1.165, 1.54) is 6.20 Å². The summed E-state index contributed by atoms with van der Waals surface area (Å²) in [7, 11) is 0. The number of carbonyl (C=O) groups is 1. The number of imidazole rings is 1. The van der Waals surface area contributed by atoms with E-state index in [1.54, 1.807) is 10.9 Å². The Labute approximate surface area is 80.7 Å². The second-order valence-electron chi connectivity index (χ2n) is 2.81. The predicted molar refractivity (Wildman–Crippen MR) is 49.2 cm³/mol. The molecule has 0 aromatic carbocycles. The van der Waals surface area contributed by atoms with E-state index >= 15 is 0 Å². The molecule has 0 saturated carbocycles. The number of carboxylic acids is 1. The molecule has 0 bridgehead atoms. The molecule has 76 valence electrons. The van der Waals surface area contributed by atoms with E-state index in [0.29, 0.717) is 12.2 Å². The molecule has 5 heteroatoms. The van der Waals surface area contributed by atoms with Crippen LogP contribution in [0.4, 0.5) is 4.39 Å². The van der Waals surface area contributed by atoms with Gasteiger partial charge in [-0.3, -0.25) is 0 Å². The van der Waals surface area contributed by atoms with Crippen LogP contribution in [-0.2, 0) is 11.3 Å². The Morgan fingerprint density at radius 2 is 2.50 bits per heavy atom. The minimum absolute atomic E-state index is 0.465. The van der Waals surface area contributed by atoms with Gasteiger partial charge in [-0.25, -0.2) is 9.78 Å². The van der Waals surface area contributed by atoms with Crippen molar-refractivity contribution in [3.05, 3.63) is 24.0 Å². The number of halogens is 1. The first-order valence-corrected chi connectivity index (χ1v) is 4.25. The first-order valence-electron chi connectivity index (χ1n) is 4.25. The fourth-order valence-corrected chi connectivity index (χ4v) is 1.07. The van der Waals surface area contributed by atoms with Gasteiger partial charge in [0, 0.05) is 12.6 Å². The van der Waals surface area contributed by atoms with Crippen LogP contribution in [0.3, 0.4) is 0 Å². The standard InChI is InChI=1S/C9H11FN2O2/c1-2-3-12-6-11-5-7(12)4-8(10)9(13)14/h4-6H,2-3H2,1H3,(H,13,14). The zero-order valence-electron chi connectivity index (χ0n) is 7.77. The van der Waals surface area contributed by atoms with Gasteiger partial charge in [-0.15, -0.1) is 0 Å². The molecule has 0 amide bonds. The predicted octanol–water partition coefficient (Wildman–Crippen LogP) is 1.69. The second kappa shape index (κ2) is 4.55. The van der Waals surface area contributed by atoms with Crippen LogP contribution in [0, 0.1) is 0 Å². The largest absolute Gasteiger partial charge is 0.476 e. The molecule has 1 aromatic rings. The number of aliphatic carboxylic acids is 1. The molecule has 0 aliphatic heterocycles. The summed E-state index contributed by atoms with van der Waals surface area (Å²) in [4.78, 5) is 14.0. The molecule has 0 aliphatic rings. The zero-order chi connectivity index (χ0) is 10.6. The van der Waals surface area contributed by atoms with Crippen LogP contribution in [0.1, 0.15) is 19.0 Å². The van der Waals surface area contributed by atoms with Crippen molar-refractivity contribution < 1.29 is 14.3 Å². The molecule has 0 fully saturated rings. The molecule has 4 nitrogen and oxygen atoms in total. The molecule has 1 N–H and O–H groups in total. The van der Waals surface area contributed by atoms with Crippen LogP contribution in [0.5, 0.6) is 0 Å². The highest BCUT2D eigenvalue weighted by Gasteiger charge is 2.07. The van der Waals surface area contributed by atoms with E-state index < -0.39 is 11.8 Å². The number of aryl methyl sites for hydroxylation is 1. The van der Waals surface area contributed by atoms with Crippen LogP contribution < -0.4 is 0 Å². The van der Waals surface area contributed by atoms with E-state index in [2.05, 4.69) is 4.98 Å². The maximum Gasteiger partial charge on any atom is 0.364 e. The van der Waals surface area contributed by atoms with Gasteiger partial charge in [0.05, 0.1) is 18.2 Å². The number of aromatic nitrogens is 2. The Morgan fingerprint density at radius 1 is 1.79 bits per heavy atom. The van der Waals surface area contributed by atoms with Gasteiger partial charge in [0.1, 0.15) is 0 Å². The zero-order valence-corrected chi connectivity index (χ0v) is 7.77. The molecule has 14 heavy (non-hydrogen) atoms. The third kappa shape index (κ3) is 2.42. The molecule has 0 spiro atoms. The maximum absolute atomic E-state index is 12.7. The number of nitrogens with zero attached hydrogens (tertiary/aromatic N) is 2. The first-order chi connectivity index (χ1) is 6.65. The van der Waals surface area contributed by atoms with Gasteiger partial charge < -0.3 is 9.67 Å². The smallest absolute Gasteiger partial charge is 0.364 e. The lowest BCUT2D eigenvalue weighted by atomic mass is 10.3. The summed E-state index contributed by atoms with van der Waals surface area (Å²) in [5, 5.41) is 8.33. The Balaban J connectivity index is 2.90. The number of hydrogen-bond donors (Lipinski definition) is 1. The van der Waals surface area contributed by atoms with E-state index in [1.807, 2.05) is 6.92 Å². The summed E-state index contributed by atoms with van der Waals surface area (Å²) in [5.41, 5.74) is 0.465. The lowest BCUT2D eigenvalue weighted by Gasteiger charge is -2.01. The molecular weight excluding hydrogens is 187 g/mol. The van der Waals surface area contributed by atoms with Crippen molar-refractivity contribution >= 4 is 12.0 Å². The van der Waals surface area contributed by atoms with Crippen molar-refractivity contribution in [2.45, 2.75) is 19.9 Å². The van der Waals surface area contributed by atoms with Gasteiger partial charge in [0.15, 0.2) is 0 Å². The topological polar surface area (TPSA) is 55.1 Å². The van der Waals surface area contributed by atoms with Crippen molar-refractivity contribution in [2.24, 2.45) is 0 Å². The van der Waals surface area contributed by atoms with Crippen molar-refractivity contribution in [3.63, 3.8) is 0 Å². The van der Waals surface area contributed by atoms with Crippen LogP contribution in [-0.4, -0.2) is 20.6 Å². The number of carboxylic acid groups (broad SMARTS) is 1.